The molecule has 0 spiro atoms. The summed E-state index contributed by atoms with van der Waals surface area (Å²) in [6.45, 7) is 0. The third-order valence-corrected chi connectivity index (χ3v) is 3.39. The highest BCUT2D eigenvalue weighted by Gasteiger charge is 2.18. The van der Waals surface area contributed by atoms with Crippen molar-refractivity contribution in [3.05, 3.63) is 42.5 Å². The molecule has 0 radical (unpaired) electrons. The van der Waals surface area contributed by atoms with Gasteiger partial charge in [0.25, 0.3) is 0 Å². The molecule has 0 atom stereocenters. The lowest BCUT2D eigenvalue weighted by Crippen LogP contribution is -1.98. The van der Waals surface area contributed by atoms with Crippen molar-refractivity contribution >= 4 is 17.4 Å². The number of fused-ring (bicyclic) bond motifs is 2. The molecule has 2 aromatic carbocycles. The Morgan fingerprint density at radius 3 is 2.67 bits per heavy atom. The van der Waals surface area contributed by atoms with Gasteiger partial charge in [-0.3, -0.25) is 0 Å². The van der Waals surface area contributed by atoms with Crippen molar-refractivity contribution in [3.8, 4) is 11.5 Å². The number of ether oxygens (including phenoxy) is 1. The van der Waals surface area contributed by atoms with Crippen molar-refractivity contribution in [1.29, 1.82) is 0 Å². The number of hydrogen-bond acceptors (Lipinski definition) is 3. The van der Waals surface area contributed by atoms with Crippen LogP contribution in [-0.2, 0) is 0 Å². The second-order valence-electron chi connectivity index (χ2n) is 3.33. The predicted octanol–water partition coefficient (Wildman–Crippen LogP) is 3.53. The molecule has 2 N–H and O–H groups in total. The Hall–Kier alpha value is -1.61. The molecular formula is C12H9NOS. The van der Waals surface area contributed by atoms with E-state index in [4.69, 9.17) is 10.5 Å². The molecular weight excluding hydrogens is 206 g/mol. The van der Waals surface area contributed by atoms with E-state index in [1.54, 1.807) is 11.8 Å². The normalized spacial score (nSPS) is 12.5. The van der Waals surface area contributed by atoms with Crippen LogP contribution in [0.25, 0.3) is 0 Å². The minimum atomic E-state index is 0.689. The third-order valence-electron chi connectivity index (χ3n) is 2.29. The Bertz CT molecular complexity index is 525. The second kappa shape index (κ2) is 3.21. The number of nitrogens with two attached hydrogens (primary N) is 1. The molecule has 1 heterocycles. The molecule has 15 heavy (non-hydrogen) atoms. The molecule has 3 rings (SSSR count). The quantitative estimate of drug-likeness (QED) is 0.583. The molecule has 1 aliphatic rings. The van der Waals surface area contributed by atoms with E-state index in [1.165, 1.54) is 0 Å². The highest BCUT2D eigenvalue weighted by atomic mass is 32.2. The fourth-order valence-corrected chi connectivity index (χ4v) is 2.56. The lowest BCUT2D eigenvalue weighted by Gasteiger charge is -2.20. The summed E-state index contributed by atoms with van der Waals surface area (Å²) in [6.07, 6.45) is 0. The van der Waals surface area contributed by atoms with Gasteiger partial charge in [0.05, 0.1) is 15.5 Å². The molecule has 0 fully saturated rings. The van der Waals surface area contributed by atoms with Gasteiger partial charge in [0.2, 0.25) is 0 Å². The smallest absolute Gasteiger partial charge is 0.164 e. The van der Waals surface area contributed by atoms with Gasteiger partial charge in [-0.15, -0.1) is 0 Å². The van der Waals surface area contributed by atoms with Gasteiger partial charge in [0, 0.05) is 0 Å². The van der Waals surface area contributed by atoms with Crippen LogP contribution in [0.2, 0.25) is 0 Å². The Kier molecular flexibility index (Phi) is 1.86. The van der Waals surface area contributed by atoms with Crippen LogP contribution >= 0.6 is 11.8 Å². The van der Waals surface area contributed by atoms with Crippen LogP contribution < -0.4 is 10.5 Å². The summed E-state index contributed by atoms with van der Waals surface area (Å²) in [7, 11) is 0. The van der Waals surface area contributed by atoms with Crippen molar-refractivity contribution in [2.75, 3.05) is 5.73 Å². The molecule has 0 aromatic heterocycles. The molecule has 0 saturated carbocycles. The van der Waals surface area contributed by atoms with E-state index in [2.05, 4.69) is 0 Å². The van der Waals surface area contributed by atoms with Crippen molar-refractivity contribution in [1.82, 2.24) is 0 Å². The largest absolute Gasteiger partial charge is 0.453 e. The highest BCUT2D eigenvalue weighted by Crippen LogP contribution is 2.48. The fourth-order valence-electron chi connectivity index (χ4n) is 1.57. The van der Waals surface area contributed by atoms with Crippen LogP contribution in [-0.4, -0.2) is 0 Å². The van der Waals surface area contributed by atoms with Crippen LogP contribution in [0.3, 0.4) is 0 Å². The molecule has 0 aliphatic carbocycles. The van der Waals surface area contributed by atoms with Gasteiger partial charge in [-0.2, -0.15) is 0 Å². The lowest BCUT2D eigenvalue weighted by molar-refractivity contribution is 0.457. The van der Waals surface area contributed by atoms with E-state index in [0.717, 1.165) is 21.3 Å². The molecule has 74 valence electrons. The SMILES string of the molecule is Nc1cccc2c1Oc1ccccc1S2. The van der Waals surface area contributed by atoms with Gasteiger partial charge in [-0.1, -0.05) is 30.0 Å². The van der Waals surface area contributed by atoms with E-state index in [-0.39, 0.29) is 0 Å². The summed E-state index contributed by atoms with van der Waals surface area (Å²) < 4.78 is 5.76. The van der Waals surface area contributed by atoms with Gasteiger partial charge in [0.15, 0.2) is 5.75 Å². The summed E-state index contributed by atoms with van der Waals surface area (Å²) >= 11 is 1.69. The average Bonchev–Trinajstić information content (AvgIpc) is 2.27. The summed E-state index contributed by atoms with van der Waals surface area (Å²) in [5, 5.41) is 0. The Labute approximate surface area is 92.1 Å². The predicted molar refractivity (Wildman–Crippen MR) is 61.5 cm³/mol. The molecule has 2 nitrogen and oxygen atoms in total. The minimum absolute atomic E-state index is 0.689. The van der Waals surface area contributed by atoms with E-state index in [0.29, 0.717) is 5.69 Å². The number of benzene rings is 2. The summed E-state index contributed by atoms with van der Waals surface area (Å²) in [6, 6.07) is 13.8. The van der Waals surface area contributed by atoms with Gasteiger partial charge < -0.3 is 10.5 Å². The number of nitrogen functional groups attached to an aromatic ring is 1. The van der Waals surface area contributed by atoms with E-state index < -0.39 is 0 Å². The topological polar surface area (TPSA) is 35.2 Å². The van der Waals surface area contributed by atoms with Crippen molar-refractivity contribution in [3.63, 3.8) is 0 Å². The number of anilines is 1. The van der Waals surface area contributed by atoms with Crippen LogP contribution in [0.4, 0.5) is 5.69 Å². The molecule has 3 heteroatoms. The number of rotatable bonds is 0. The van der Waals surface area contributed by atoms with Crippen LogP contribution in [0.1, 0.15) is 0 Å². The maximum absolute atomic E-state index is 5.86. The molecule has 2 aromatic rings. The van der Waals surface area contributed by atoms with Crippen LogP contribution in [0.15, 0.2) is 52.3 Å². The van der Waals surface area contributed by atoms with Crippen molar-refractivity contribution in [2.24, 2.45) is 0 Å². The zero-order valence-electron chi connectivity index (χ0n) is 7.94. The van der Waals surface area contributed by atoms with Gasteiger partial charge in [-0.25, -0.2) is 0 Å². The number of para-hydroxylation sites is 2. The third kappa shape index (κ3) is 1.36. The van der Waals surface area contributed by atoms with Crippen molar-refractivity contribution in [2.45, 2.75) is 9.79 Å². The van der Waals surface area contributed by atoms with Gasteiger partial charge in [0.1, 0.15) is 5.75 Å². The Morgan fingerprint density at radius 1 is 0.933 bits per heavy atom. The average molecular weight is 215 g/mol. The Morgan fingerprint density at radius 2 is 1.73 bits per heavy atom. The number of hydrogen-bond donors (Lipinski definition) is 1. The fraction of sp³-hybridized carbons (Fsp3) is 0. The molecule has 0 saturated heterocycles. The highest BCUT2D eigenvalue weighted by molar-refractivity contribution is 7.99. The zero-order valence-corrected chi connectivity index (χ0v) is 8.75. The monoisotopic (exact) mass is 215 g/mol. The van der Waals surface area contributed by atoms with E-state index in [1.807, 2.05) is 42.5 Å². The first-order valence-electron chi connectivity index (χ1n) is 4.68. The lowest BCUT2D eigenvalue weighted by atomic mass is 10.3. The minimum Gasteiger partial charge on any atom is -0.453 e. The van der Waals surface area contributed by atoms with Crippen LogP contribution in [0, 0.1) is 0 Å². The van der Waals surface area contributed by atoms with E-state index in [9.17, 15) is 0 Å². The van der Waals surface area contributed by atoms with Gasteiger partial charge in [-0.05, 0) is 24.3 Å². The molecule has 1 aliphatic heterocycles. The molecule has 0 bridgehead atoms. The van der Waals surface area contributed by atoms with E-state index >= 15 is 0 Å². The maximum Gasteiger partial charge on any atom is 0.164 e. The first-order chi connectivity index (χ1) is 7.34. The first kappa shape index (κ1) is 8.68. The van der Waals surface area contributed by atoms with Gasteiger partial charge >= 0.3 is 0 Å². The summed E-state index contributed by atoms with van der Waals surface area (Å²) in [5.74, 6) is 1.66. The summed E-state index contributed by atoms with van der Waals surface area (Å²) in [5.41, 5.74) is 6.55. The second-order valence-corrected chi connectivity index (χ2v) is 4.41. The van der Waals surface area contributed by atoms with Crippen LogP contribution in [0.5, 0.6) is 11.5 Å². The maximum atomic E-state index is 5.86. The van der Waals surface area contributed by atoms with Crippen molar-refractivity contribution < 1.29 is 4.74 Å². The standard InChI is InChI=1S/C12H9NOS/c13-8-4-3-7-11-12(8)14-9-5-1-2-6-10(9)15-11/h1-7H,13H2. The molecule has 0 unspecified atom stereocenters. The first-order valence-corrected chi connectivity index (χ1v) is 5.49. The Balaban J connectivity index is 2.15. The summed E-state index contributed by atoms with van der Waals surface area (Å²) in [4.78, 5) is 2.21. The molecule has 0 amide bonds. The zero-order chi connectivity index (χ0) is 10.3.